The van der Waals surface area contributed by atoms with Gasteiger partial charge in [0.1, 0.15) is 5.75 Å². The standard InChI is InChI=1S/C14H17Cl2NO3/c1-17(8-11-3-2-6-19-11)14(18)9-20-13-5-4-10(15)7-12(13)16/h4-5,7,11H,2-3,6,8-9H2,1H3. The summed E-state index contributed by atoms with van der Waals surface area (Å²) in [6, 6.07) is 4.90. The molecule has 0 saturated carbocycles. The Kier molecular flexibility index (Phi) is 5.52. The van der Waals surface area contributed by atoms with Gasteiger partial charge in [-0.25, -0.2) is 0 Å². The van der Waals surface area contributed by atoms with E-state index >= 15 is 0 Å². The van der Waals surface area contributed by atoms with Crippen molar-refractivity contribution in [1.29, 1.82) is 0 Å². The molecule has 1 aliphatic heterocycles. The number of halogens is 2. The molecule has 1 unspecified atom stereocenters. The van der Waals surface area contributed by atoms with Crippen molar-refractivity contribution in [3.63, 3.8) is 0 Å². The van der Waals surface area contributed by atoms with E-state index in [9.17, 15) is 4.79 Å². The lowest BCUT2D eigenvalue weighted by Gasteiger charge is -2.21. The van der Waals surface area contributed by atoms with Crippen LogP contribution in [-0.2, 0) is 9.53 Å². The van der Waals surface area contributed by atoms with Gasteiger partial charge in [-0.3, -0.25) is 4.79 Å². The third-order valence-corrected chi connectivity index (χ3v) is 3.70. The highest BCUT2D eigenvalue weighted by atomic mass is 35.5. The van der Waals surface area contributed by atoms with Crippen LogP contribution in [0.25, 0.3) is 0 Å². The largest absolute Gasteiger partial charge is 0.482 e. The van der Waals surface area contributed by atoms with E-state index < -0.39 is 0 Å². The van der Waals surface area contributed by atoms with Crippen LogP contribution < -0.4 is 4.74 Å². The maximum Gasteiger partial charge on any atom is 0.260 e. The van der Waals surface area contributed by atoms with E-state index in [0.29, 0.717) is 22.3 Å². The van der Waals surface area contributed by atoms with Gasteiger partial charge in [0.2, 0.25) is 0 Å². The fraction of sp³-hybridized carbons (Fsp3) is 0.500. The summed E-state index contributed by atoms with van der Waals surface area (Å²) < 4.78 is 10.9. The summed E-state index contributed by atoms with van der Waals surface area (Å²) in [7, 11) is 1.75. The molecule has 0 aromatic heterocycles. The zero-order valence-electron chi connectivity index (χ0n) is 11.3. The molecule has 4 nitrogen and oxygen atoms in total. The maximum absolute atomic E-state index is 12.0. The van der Waals surface area contributed by atoms with Crippen molar-refractivity contribution in [2.45, 2.75) is 18.9 Å². The number of rotatable bonds is 5. The lowest BCUT2D eigenvalue weighted by Crippen LogP contribution is -2.37. The van der Waals surface area contributed by atoms with Crippen LogP contribution in [0.4, 0.5) is 0 Å². The quantitative estimate of drug-likeness (QED) is 0.838. The minimum atomic E-state index is -0.105. The monoisotopic (exact) mass is 317 g/mol. The molecule has 1 saturated heterocycles. The fourth-order valence-corrected chi connectivity index (χ4v) is 2.50. The minimum absolute atomic E-state index is 0.0510. The number of carbonyl (C=O) groups is 1. The van der Waals surface area contributed by atoms with Crippen LogP contribution in [0.3, 0.4) is 0 Å². The van der Waals surface area contributed by atoms with Crippen molar-refractivity contribution in [3.05, 3.63) is 28.2 Å². The molecule has 1 aromatic carbocycles. The van der Waals surface area contributed by atoms with Crippen molar-refractivity contribution in [3.8, 4) is 5.75 Å². The molecule has 2 rings (SSSR count). The third-order valence-electron chi connectivity index (χ3n) is 3.17. The topological polar surface area (TPSA) is 38.8 Å². The third kappa shape index (κ3) is 4.27. The first-order chi connectivity index (χ1) is 9.56. The van der Waals surface area contributed by atoms with Crippen molar-refractivity contribution >= 4 is 29.1 Å². The molecule has 0 spiro atoms. The van der Waals surface area contributed by atoms with Gasteiger partial charge in [-0.15, -0.1) is 0 Å². The summed E-state index contributed by atoms with van der Waals surface area (Å²) in [6.45, 7) is 1.32. The first kappa shape index (κ1) is 15.4. The molecule has 1 heterocycles. The lowest BCUT2D eigenvalue weighted by atomic mass is 10.2. The molecule has 1 fully saturated rings. The molecule has 0 radical (unpaired) electrons. The van der Waals surface area contributed by atoms with E-state index in [2.05, 4.69) is 0 Å². The smallest absolute Gasteiger partial charge is 0.260 e. The first-order valence-electron chi connectivity index (χ1n) is 6.49. The molecule has 1 amide bonds. The van der Waals surface area contributed by atoms with Crippen LogP contribution in [0, 0.1) is 0 Å². The summed E-state index contributed by atoms with van der Waals surface area (Å²) in [6.07, 6.45) is 2.20. The molecule has 20 heavy (non-hydrogen) atoms. The second-order valence-corrected chi connectivity index (χ2v) is 5.62. The highest BCUT2D eigenvalue weighted by molar-refractivity contribution is 6.35. The van der Waals surface area contributed by atoms with Crippen molar-refractivity contribution < 1.29 is 14.3 Å². The first-order valence-corrected chi connectivity index (χ1v) is 7.25. The van der Waals surface area contributed by atoms with E-state index in [-0.39, 0.29) is 18.6 Å². The summed E-state index contributed by atoms with van der Waals surface area (Å²) in [5.74, 6) is 0.349. The van der Waals surface area contributed by atoms with Gasteiger partial charge in [-0.2, -0.15) is 0 Å². The highest BCUT2D eigenvalue weighted by Gasteiger charge is 2.20. The van der Waals surface area contributed by atoms with Gasteiger partial charge in [0.05, 0.1) is 11.1 Å². The molecule has 6 heteroatoms. The van der Waals surface area contributed by atoms with Gasteiger partial charge in [0, 0.05) is 25.2 Å². The van der Waals surface area contributed by atoms with Gasteiger partial charge in [-0.1, -0.05) is 23.2 Å². The number of hydrogen-bond acceptors (Lipinski definition) is 3. The Morgan fingerprint density at radius 3 is 2.95 bits per heavy atom. The van der Waals surface area contributed by atoms with Crippen LogP contribution in [0.2, 0.25) is 10.0 Å². The Morgan fingerprint density at radius 1 is 1.50 bits per heavy atom. The van der Waals surface area contributed by atoms with Crippen LogP contribution in [-0.4, -0.2) is 43.7 Å². The van der Waals surface area contributed by atoms with Crippen LogP contribution in [0.1, 0.15) is 12.8 Å². The van der Waals surface area contributed by atoms with Gasteiger partial charge < -0.3 is 14.4 Å². The number of carbonyl (C=O) groups excluding carboxylic acids is 1. The number of benzene rings is 1. The number of hydrogen-bond donors (Lipinski definition) is 0. The Hall–Kier alpha value is -0.970. The Labute approximate surface area is 128 Å². The van der Waals surface area contributed by atoms with Gasteiger partial charge in [-0.05, 0) is 31.0 Å². The molecule has 1 aromatic rings. The van der Waals surface area contributed by atoms with Gasteiger partial charge in [0.15, 0.2) is 6.61 Å². The number of amides is 1. The van der Waals surface area contributed by atoms with Crippen molar-refractivity contribution in [1.82, 2.24) is 4.90 Å². The van der Waals surface area contributed by atoms with Crippen molar-refractivity contribution in [2.75, 3.05) is 26.8 Å². The fourth-order valence-electron chi connectivity index (χ4n) is 2.04. The van der Waals surface area contributed by atoms with E-state index in [0.717, 1.165) is 19.4 Å². The van der Waals surface area contributed by atoms with E-state index in [1.54, 1.807) is 30.1 Å². The summed E-state index contributed by atoms with van der Waals surface area (Å²) in [5.41, 5.74) is 0. The second-order valence-electron chi connectivity index (χ2n) is 4.77. The zero-order chi connectivity index (χ0) is 14.5. The minimum Gasteiger partial charge on any atom is -0.482 e. The molecular formula is C14H17Cl2NO3. The molecule has 110 valence electrons. The Balaban J connectivity index is 1.81. The molecule has 1 atom stereocenters. The predicted molar refractivity (Wildman–Crippen MR) is 78.6 cm³/mol. The zero-order valence-corrected chi connectivity index (χ0v) is 12.8. The average Bonchev–Trinajstić information content (AvgIpc) is 2.90. The van der Waals surface area contributed by atoms with Crippen LogP contribution in [0.15, 0.2) is 18.2 Å². The predicted octanol–water partition coefficient (Wildman–Crippen LogP) is 3.01. The normalized spacial score (nSPS) is 18.1. The number of ether oxygens (including phenoxy) is 2. The van der Waals surface area contributed by atoms with E-state index in [1.807, 2.05) is 0 Å². The van der Waals surface area contributed by atoms with Gasteiger partial charge >= 0.3 is 0 Å². The maximum atomic E-state index is 12.0. The summed E-state index contributed by atoms with van der Waals surface area (Å²) in [4.78, 5) is 13.6. The van der Waals surface area contributed by atoms with Crippen molar-refractivity contribution in [2.24, 2.45) is 0 Å². The summed E-state index contributed by atoms with van der Waals surface area (Å²) >= 11 is 11.8. The van der Waals surface area contributed by atoms with Gasteiger partial charge in [0.25, 0.3) is 5.91 Å². The number of likely N-dealkylation sites (N-methyl/N-ethyl adjacent to an activating group) is 1. The SMILES string of the molecule is CN(CC1CCCO1)C(=O)COc1ccc(Cl)cc1Cl. The molecule has 0 bridgehead atoms. The average molecular weight is 318 g/mol. The Morgan fingerprint density at radius 2 is 2.30 bits per heavy atom. The highest BCUT2D eigenvalue weighted by Crippen LogP contribution is 2.27. The molecule has 0 N–H and O–H groups in total. The van der Waals surface area contributed by atoms with Crippen LogP contribution in [0.5, 0.6) is 5.75 Å². The Bertz CT molecular complexity index is 475. The molecule has 1 aliphatic rings. The second kappa shape index (κ2) is 7.16. The number of nitrogens with zero attached hydrogens (tertiary/aromatic N) is 1. The molecular weight excluding hydrogens is 301 g/mol. The molecule has 0 aliphatic carbocycles. The van der Waals surface area contributed by atoms with E-state index in [1.165, 1.54) is 0 Å². The van der Waals surface area contributed by atoms with Crippen LogP contribution >= 0.6 is 23.2 Å². The van der Waals surface area contributed by atoms with E-state index in [4.69, 9.17) is 32.7 Å². The summed E-state index contributed by atoms with van der Waals surface area (Å²) in [5, 5.41) is 0.927. The lowest BCUT2D eigenvalue weighted by molar-refractivity contribution is -0.133.